The first kappa shape index (κ1) is 8.72. The number of thiophene rings is 1. The Bertz CT molecular complexity index is 432. The Morgan fingerprint density at radius 3 is 2.69 bits per heavy atom. The van der Waals surface area contributed by atoms with E-state index in [0.29, 0.717) is 5.69 Å². The second-order valence-electron chi connectivity index (χ2n) is 2.55. The topological polar surface area (TPSA) is 32.9 Å². The maximum absolute atomic E-state index is 10.4. The van der Waals surface area contributed by atoms with Crippen molar-refractivity contribution in [3.05, 3.63) is 33.7 Å². The van der Waals surface area contributed by atoms with Crippen LogP contribution in [0.3, 0.4) is 0 Å². The molecule has 2 rings (SSSR count). The van der Waals surface area contributed by atoms with Crippen molar-refractivity contribution >= 4 is 33.6 Å². The largest absolute Gasteiger partial charge is 0.352 e. The average molecular weight is 256 g/mol. The molecule has 0 saturated carbocycles. The fraction of sp³-hybridized carbons (Fsp3) is 0. The maximum Gasteiger partial charge on any atom is 0.166 e. The van der Waals surface area contributed by atoms with Gasteiger partial charge in [-0.3, -0.25) is 4.79 Å². The molecule has 0 aromatic carbocycles. The Hall–Kier alpha value is -0.870. The van der Waals surface area contributed by atoms with Crippen molar-refractivity contribution in [2.45, 2.75) is 0 Å². The predicted molar refractivity (Wildman–Crippen MR) is 57.2 cm³/mol. The Morgan fingerprint density at radius 2 is 2.15 bits per heavy atom. The number of aldehydes is 1. The molecular weight excluding hydrogens is 250 g/mol. The number of rotatable bonds is 2. The maximum atomic E-state index is 10.4. The van der Waals surface area contributed by atoms with Crippen LogP contribution in [0.25, 0.3) is 10.6 Å². The number of aromatic amines is 1. The SMILES string of the molecule is O=Cc1ccc(-c2ccc(Br)s2)[nH]1. The first-order valence-corrected chi connectivity index (χ1v) is 5.30. The van der Waals surface area contributed by atoms with Gasteiger partial charge < -0.3 is 4.98 Å². The lowest BCUT2D eigenvalue weighted by atomic mass is 10.3. The Balaban J connectivity index is 2.40. The molecule has 0 atom stereocenters. The minimum absolute atomic E-state index is 0.611. The molecule has 2 heterocycles. The summed E-state index contributed by atoms with van der Waals surface area (Å²) in [5.41, 5.74) is 1.59. The molecule has 0 aliphatic heterocycles. The van der Waals surface area contributed by atoms with Gasteiger partial charge >= 0.3 is 0 Å². The fourth-order valence-electron chi connectivity index (χ4n) is 1.08. The summed E-state index contributed by atoms with van der Waals surface area (Å²) in [7, 11) is 0. The zero-order valence-electron chi connectivity index (χ0n) is 6.58. The van der Waals surface area contributed by atoms with Crippen LogP contribution < -0.4 is 0 Å². The van der Waals surface area contributed by atoms with Crippen molar-refractivity contribution in [1.29, 1.82) is 0 Å². The number of halogens is 1. The summed E-state index contributed by atoms with van der Waals surface area (Å²) in [6, 6.07) is 7.68. The first-order chi connectivity index (χ1) is 6.29. The van der Waals surface area contributed by atoms with E-state index >= 15 is 0 Å². The standard InChI is InChI=1S/C9H6BrNOS/c10-9-4-3-8(13-9)7-2-1-6(5-12)11-7/h1-5,11H. The molecular formula is C9H6BrNOS. The van der Waals surface area contributed by atoms with Crippen LogP contribution in [0.1, 0.15) is 10.5 Å². The van der Waals surface area contributed by atoms with Gasteiger partial charge in [-0.25, -0.2) is 0 Å². The molecule has 0 saturated heterocycles. The second-order valence-corrected chi connectivity index (χ2v) is 5.01. The predicted octanol–water partition coefficient (Wildman–Crippen LogP) is 3.32. The first-order valence-electron chi connectivity index (χ1n) is 3.69. The van der Waals surface area contributed by atoms with Crippen LogP contribution in [0.2, 0.25) is 0 Å². The third kappa shape index (κ3) is 1.73. The van der Waals surface area contributed by atoms with Crippen LogP contribution in [0, 0.1) is 0 Å². The van der Waals surface area contributed by atoms with Crippen LogP contribution >= 0.6 is 27.3 Å². The summed E-state index contributed by atoms with van der Waals surface area (Å²) < 4.78 is 1.09. The fourth-order valence-corrected chi connectivity index (χ4v) is 2.45. The lowest BCUT2D eigenvalue weighted by Crippen LogP contribution is -1.77. The van der Waals surface area contributed by atoms with Gasteiger partial charge in [-0.15, -0.1) is 11.3 Å². The minimum Gasteiger partial charge on any atom is -0.352 e. The number of carbonyl (C=O) groups excluding carboxylic acids is 1. The van der Waals surface area contributed by atoms with E-state index in [1.807, 2.05) is 18.2 Å². The molecule has 0 spiro atoms. The van der Waals surface area contributed by atoms with Gasteiger partial charge in [0.2, 0.25) is 0 Å². The molecule has 0 fully saturated rings. The zero-order chi connectivity index (χ0) is 9.26. The number of aromatic nitrogens is 1. The lowest BCUT2D eigenvalue weighted by molar-refractivity contribution is 0.111. The third-order valence-electron chi connectivity index (χ3n) is 1.67. The second kappa shape index (κ2) is 3.47. The molecule has 0 aliphatic rings. The Labute approximate surface area is 87.7 Å². The highest BCUT2D eigenvalue weighted by Crippen LogP contribution is 2.30. The number of nitrogens with one attached hydrogen (secondary N) is 1. The molecule has 1 N–H and O–H groups in total. The van der Waals surface area contributed by atoms with Gasteiger partial charge in [-0.05, 0) is 40.2 Å². The van der Waals surface area contributed by atoms with E-state index in [-0.39, 0.29) is 0 Å². The van der Waals surface area contributed by atoms with Crippen LogP contribution in [-0.2, 0) is 0 Å². The minimum atomic E-state index is 0.611. The summed E-state index contributed by atoms with van der Waals surface area (Å²) in [5, 5.41) is 0. The number of hydrogen-bond acceptors (Lipinski definition) is 2. The summed E-state index contributed by atoms with van der Waals surface area (Å²) in [6.45, 7) is 0. The molecule has 0 bridgehead atoms. The van der Waals surface area contributed by atoms with Gasteiger partial charge in [0.15, 0.2) is 6.29 Å². The van der Waals surface area contributed by atoms with Crippen LogP contribution in [-0.4, -0.2) is 11.3 Å². The molecule has 0 aliphatic carbocycles. The average Bonchev–Trinajstić information content (AvgIpc) is 2.71. The molecule has 0 amide bonds. The van der Waals surface area contributed by atoms with E-state index in [9.17, 15) is 4.79 Å². The molecule has 13 heavy (non-hydrogen) atoms. The molecule has 2 aromatic rings. The number of H-pyrrole nitrogens is 1. The van der Waals surface area contributed by atoms with Crippen LogP contribution in [0.4, 0.5) is 0 Å². The van der Waals surface area contributed by atoms with E-state index in [4.69, 9.17) is 0 Å². The summed E-state index contributed by atoms with van der Waals surface area (Å²) in [4.78, 5) is 14.6. The molecule has 2 aromatic heterocycles. The van der Waals surface area contributed by atoms with Crippen molar-refractivity contribution in [3.63, 3.8) is 0 Å². The summed E-state index contributed by atoms with van der Waals surface area (Å²) >= 11 is 5.02. The van der Waals surface area contributed by atoms with E-state index < -0.39 is 0 Å². The van der Waals surface area contributed by atoms with E-state index in [1.54, 1.807) is 17.4 Å². The van der Waals surface area contributed by atoms with E-state index in [1.165, 1.54) is 0 Å². The van der Waals surface area contributed by atoms with Crippen LogP contribution in [0.15, 0.2) is 28.1 Å². The summed E-state index contributed by atoms with van der Waals surface area (Å²) in [6.07, 6.45) is 0.812. The van der Waals surface area contributed by atoms with Crippen molar-refractivity contribution in [3.8, 4) is 10.6 Å². The Kier molecular flexibility index (Phi) is 2.33. The molecule has 0 unspecified atom stereocenters. The van der Waals surface area contributed by atoms with Crippen molar-refractivity contribution in [1.82, 2.24) is 4.98 Å². The van der Waals surface area contributed by atoms with Gasteiger partial charge in [-0.2, -0.15) is 0 Å². The highest BCUT2D eigenvalue weighted by atomic mass is 79.9. The van der Waals surface area contributed by atoms with Gasteiger partial charge in [0, 0.05) is 0 Å². The van der Waals surface area contributed by atoms with Gasteiger partial charge in [-0.1, -0.05) is 0 Å². The van der Waals surface area contributed by atoms with Crippen LogP contribution in [0.5, 0.6) is 0 Å². The van der Waals surface area contributed by atoms with Gasteiger partial charge in [0.1, 0.15) is 0 Å². The zero-order valence-corrected chi connectivity index (χ0v) is 8.98. The highest BCUT2D eigenvalue weighted by Gasteiger charge is 2.03. The monoisotopic (exact) mass is 255 g/mol. The van der Waals surface area contributed by atoms with E-state index in [2.05, 4.69) is 20.9 Å². The van der Waals surface area contributed by atoms with Crippen molar-refractivity contribution in [2.24, 2.45) is 0 Å². The van der Waals surface area contributed by atoms with Gasteiger partial charge in [0.05, 0.1) is 20.1 Å². The Morgan fingerprint density at radius 1 is 1.31 bits per heavy atom. The van der Waals surface area contributed by atoms with E-state index in [0.717, 1.165) is 20.6 Å². The van der Waals surface area contributed by atoms with Crippen molar-refractivity contribution in [2.75, 3.05) is 0 Å². The molecule has 2 nitrogen and oxygen atoms in total. The molecule has 66 valence electrons. The number of carbonyl (C=O) groups is 1. The highest BCUT2D eigenvalue weighted by molar-refractivity contribution is 9.11. The van der Waals surface area contributed by atoms with Crippen molar-refractivity contribution < 1.29 is 4.79 Å². The normalized spacial score (nSPS) is 10.2. The number of hydrogen-bond donors (Lipinski definition) is 1. The lowest BCUT2D eigenvalue weighted by Gasteiger charge is -1.88. The third-order valence-corrected chi connectivity index (χ3v) is 3.33. The van der Waals surface area contributed by atoms with Gasteiger partial charge in [0.25, 0.3) is 0 Å². The molecule has 0 radical (unpaired) electrons. The summed E-state index contributed by atoms with van der Waals surface area (Å²) in [5.74, 6) is 0. The quantitative estimate of drug-likeness (QED) is 0.821. The smallest absolute Gasteiger partial charge is 0.166 e. The molecule has 4 heteroatoms.